The van der Waals surface area contributed by atoms with Gasteiger partial charge in [-0.25, -0.2) is 0 Å². The molecule has 0 saturated carbocycles. The summed E-state index contributed by atoms with van der Waals surface area (Å²) in [4.78, 5) is 11.1. The van der Waals surface area contributed by atoms with E-state index < -0.39 is 5.97 Å². The van der Waals surface area contributed by atoms with Gasteiger partial charge in [0.25, 0.3) is 0 Å². The molecule has 3 nitrogen and oxygen atoms in total. The number of carboxylic acids is 1. The van der Waals surface area contributed by atoms with Crippen LogP contribution in [0.1, 0.15) is 12.1 Å². The quantitative estimate of drug-likeness (QED) is 0.878. The van der Waals surface area contributed by atoms with Crippen LogP contribution in [0.3, 0.4) is 0 Å². The molecule has 0 saturated heterocycles. The molecule has 0 amide bonds. The third-order valence-electron chi connectivity index (χ3n) is 3.45. The number of benzene rings is 1. The Balaban J connectivity index is 2.13. The van der Waals surface area contributed by atoms with E-state index in [1.54, 1.807) is 0 Å². The highest BCUT2D eigenvalue weighted by Gasteiger charge is 2.25. The summed E-state index contributed by atoms with van der Waals surface area (Å²) in [6.45, 7) is 0.588. The molecule has 3 rings (SSSR count). The van der Waals surface area contributed by atoms with E-state index in [2.05, 4.69) is 38.7 Å². The van der Waals surface area contributed by atoms with Gasteiger partial charge < -0.3 is 9.67 Å². The van der Waals surface area contributed by atoms with E-state index in [-0.39, 0.29) is 5.92 Å². The number of hydrogen-bond donors (Lipinski definition) is 1. The SMILES string of the molecule is O=C(O)C1CCc2cc3ccc(Br)cc3n2C1. The van der Waals surface area contributed by atoms with Gasteiger partial charge in [-0.2, -0.15) is 0 Å². The number of carboxylic acid groups (broad SMARTS) is 1. The maximum Gasteiger partial charge on any atom is 0.308 e. The van der Waals surface area contributed by atoms with Crippen LogP contribution in [0.5, 0.6) is 0 Å². The fourth-order valence-corrected chi connectivity index (χ4v) is 2.89. The number of hydrogen-bond acceptors (Lipinski definition) is 1. The highest BCUT2D eigenvalue weighted by atomic mass is 79.9. The molecule has 1 atom stereocenters. The summed E-state index contributed by atoms with van der Waals surface area (Å²) in [5.74, 6) is -0.940. The van der Waals surface area contributed by atoms with Crippen molar-refractivity contribution in [3.05, 3.63) is 34.4 Å². The molecule has 88 valence electrons. The molecule has 0 spiro atoms. The summed E-state index contributed by atoms with van der Waals surface area (Å²) >= 11 is 3.46. The number of aliphatic carboxylic acids is 1. The van der Waals surface area contributed by atoms with Gasteiger partial charge in [0.1, 0.15) is 0 Å². The van der Waals surface area contributed by atoms with E-state index >= 15 is 0 Å². The summed E-state index contributed by atoms with van der Waals surface area (Å²) < 4.78 is 3.17. The fraction of sp³-hybridized carbons (Fsp3) is 0.308. The lowest BCUT2D eigenvalue weighted by Gasteiger charge is -2.22. The van der Waals surface area contributed by atoms with Crippen molar-refractivity contribution in [2.45, 2.75) is 19.4 Å². The topological polar surface area (TPSA) is 42.2 Å². The van der Waals surface area contributed by atoms with Crippen LogP contribution in [0.4, 0.5) is 0 Å². The smallest absolute Gasteiger partial charge is 0.308 e. The summed E-state index contributed by atoms with van der Waals surface area (Å²) in [5.41, 5.74) is 2.37. The molecule has 17 heavy (non-hydrogen) atoms. The molecular weight excluding hydrogens is 282 g/mol. The zero-order chi connectivity index (χ0) is 12.0. The first-order chi connectivity index (χ1) is 8.15. The summed E-state index contributed by atoms with van der Waals surface area (Å²) in [7, 11) is 0. The molecule has 0 aliphatic carbocycles. The lowest BCUT2D eigenvalue weighted by molar-refractivity contribution is -0.142. The van der Waals surface area contributed by atoms with Crippen LogP contribution in [0, 0.1) is 5.92 Å². The zero-order valence-corrected chi connectivity index (χ0v) is 10.8. The molecule has 4 heteroatoms. The van der Waals surface area contributed by atoms with Crippen molar-refractivity contribution in [3.8, 4) is 0 Å². The minimum atomic E-state index is -0.688. The van der Waals surface area contributed by atoms with E-state index in [4.69, 9.17) is 5.11 Å². The van der Waals surface area contributed by atoms with Crippen LogP contribution in [0.25, 0.3) is 10.9 Å². The molecule has 2 heterocycles. The number of rotatable bonds is 1. The van der Waals surface area contributed by atoms with Crippen molar-refractivity contribution in [2.24, 2.45) is 5.92 Å². The Labute approximate surface area is 107 Å². The van der Waals surface area contributed by atoms with E-state index in [0.29, 0.717) is 6.54 Å². The molecule has 0 bridgehead atoms. The van der Waals surface area contributed by atoms with Crippen molar-refractivity contribution in [1.82, 2.24) is 4.57 Å². The van der Waals surface area contributed by atoms with Gasteiger partial charge in [0.2, 0.25) is 0 Å². The molecule has 2 aromatic rings. The Morgan fingerprint density at radius 1 is 1.41 bits per heavy atom. The first-order valence-electron chi connectivity index (χ1n) is 5.65. The maximum atomic E-state index is 11.1. The molecule has 0 fully saturated rings. The standard InChI is InChI=1S/C13H12BrNO2/c14-10-3-1-8-5-11-4-2-9(13(16)17)7-15(11)12(8)6-10/h1,3,5-6,9H,2,4,7H2,(H,16,17). The van der Waals surface area contributed by atoms with E-state index in [1.807, 2.05) is 6.07 Å². The second kappa shape index (κ2) is 3.88. The van der Waals surface area contributed by atoms with Crippen LogP contribution < -0.4 is 0 Å². The van der Waals surface area contributed by atoms with Crippen molar-refractivity contribution >= 4 is 32.8 Å². The number of fused-ring (bicyclic) bond motifs is 3. The second-order valence-electron chi connectivity index (χ2n) is 4.52. The van der Waals surface area contributed by atoms with Crippen molar-refractivity contribution < 1.29 is 9.90 Å². The number of halogens is 1. The summed E-state index contributed by atoms with van der Waals surface area (Å²) in [5, 5.41) is 10.3. The Morgan fingerprint density at radius 3 is 3.00 bits per heavy atom. The lowest BCUT2D eigenvalue weighted by atomic mass is 9.98. The number of aryl methyl sites for hydroxylation is 1. The predicted molar refractivity (Wildman–Crippen MR) is 69.1 cm³/mol. The first-order valence-corrected chi connectivity index (χ1v) is 6.45. The number of nitrogens with zero attached hydrogens (tertiary/aromatic N) is 1. The summed E-state index contributed by atoms with van der Waals surface area (Å²) in [6.07, 6.45) is 1.59. The Hall–Kier alpha value is -1.29. The fourth-order valence-electron chi connectivity index (χ4n) is 2.54. The molecule has 1 aliphatic heterocycles. The average Bonchev–Trinajstić information content (AvgIpc) is 2.66. The van der Waals surface area contributed by atoms with Crippen molar-refractivity contribution in [3.63, 3.8) is 0 Å². The van der Waals surface area contributed by atoms with Gasteiger partial charge in [0, 0.05) is 22.2 Å². The van der Waals surface area contributed by atoms with E-state index in [0.717, 1.165) is 22.8 Å². The zero-order valence-electron chi connectivity index (χ0n) is 9.19. The molecule has 1 aliphatic rings. The largest absolute Gasteiger partial charge is 0.481 e. The Morgan fingerprint density at radius 2 is 2.24 bits per heavy atom. The van der Waals surface area contributed by atoms with Crippen LogP contribution in [0.15, 0.2) is 28.7 Å². The van der Waals surface area contributed by atoms with Gasteiger partial charge in [-0.05, 0) is 36.4 Å². The van der Waals surface area contributed by atoms with Crippen LogP contribution >= 0.6 is 15.9 Å². The third-order valence-corrected chi connectivity index (χ3v) is 3.95. The summed E-state index contributed by atoms with van der Waals surface area (Å²) in [6, 6.07) is 8.31. The van der Waals surface area contributed by atoms with Crippen molar-refractivity contribution in [1.29, 1.82) is 0 Å². The highest BCUT2D eigenvalue weighted by molar-refractivity contribution is 9.10. The van der Waals surface area contributed by atoms with E-state index in [9.17, 15) is 4.79 Å². The van der Waals surface area contributed by atoms with E-state index in [1.165, 1.54) is 11.1 Å². The van der Waals surface area contributed by atoms with Gasteiger partial charge in [0.15, 0.2) is 0 Å². The van der Waals surface area contributed by atoms with Crippen molar-refractivity contribution in [2.75, 3.05) is 0 Å². The molecule has 1 aromatic heterocycles. The van der Waals surface area contributed by atoms with Crippen LogP contribution in [0.2, 0.25) is 0 Å². The minimum Gasteiger partial charge on any atom is -0.481 e. The third kappa shape index (κ3) is 1.76. The molecule has 1 aromatic carbocycles. The molecule has 1 unspecified atom stereocenters. The van der Waals surface area contributed by atoms with Gasteiger partial charge in [0.05, 0.1) is 5.92 Å². The molecule has 0 radical (unpaired) electrons. The maximum absolute atomic E-state index is 11.1. The van der Waals surface area contributed by atoms with Crippen LogP contribution in [-0.4, -0.2) is 15.6 Å². The Kier molecular flexibility index (Phi) is 2.47. The normalized spacial score (nSPS) is 19.2. The highest BCUT2D eigenvalue weighted by Crippen LogP contribution is 2.29. The average molecular weight is 294 g/mol. The Bertz CT molecular complexity index is 603. The second-order valence-corrected chi connectivity index (χ2v) is 5.44. The predicted octanol–water partition coefficient (Wildman–Crippen LogP) is 3.05. The van der Waals surface area contributed by atoms with Gasteiger partial charge in [-0.3, -0.25) is 4.79 Å². The van der Waals surface area contributed by atoms with Crippen LogP contribution in [-0.2, 0) is 17.8 Å². The number of aromatic nitrogens is 1. The van der Waals surface area contributed by atoms with Gasteiger partial charge in [-0.1, -0.05) is 22.0 Å². The monoisotopic (exact) mass is 293 g/mol. The minimum absolute atomic E-state index is 0.253. The van der Waals surface area contributed by atoms with Gasteiger partial charge >= 0.3 is 5.97 Å². The number of carbonyl (C=O) groups is 1. The van der Waals surface area contributed by atoms with Gasteiger partial charge in [-0.15, -0.1) is 0 Å². The molecular formula is C13H12BrNO2. The molecule has 1 N–H and O–H groups in total. The first kappa shape index (κ1) is 10.8. The lowest BCUT2D eigenvalue weighted by Crippen LogP contribution is -2.26.